The summed E-state index contributed by atoms with van der Waals surface area (Å²) in [4.78, 5) is 11.0. The van der Waals surface area contributed by atoms with Crippen molar-refractivity contribution in [1.82, 2.24) is 14.8 Å². The van der Waals surface area contributed by atoms with Crippen LogP contribution < -0.4 is 4.74 Å². The average Bonchev–Trinajstić information content (AvgIpc) is 3.48. The van der Waals surface area contributed by atoms with E-state index in [1.807, 2.05) is 41.0 Å². The molecule has 9 nitrogen and oxygen atoms in total. The Kier molecular flexibility index (Phi) is 5.61. The molecule has 0 atom stereocenters. The second-order valence-electron chi connectivity index (χ2n) is 7.10. The minimum atomic E-state index is -0.407. The number of hydrogen-bond donors (Lipinski definition) is 0. The van der Waals surface area contributed by atoms with E-state index in [1.54, 1.807) is 18.4 Å². The first kappa shape index (κ1) is 20.3. The molecular formula is C22H18N4O5S. The number of thioether (sulfide) groups is 1. The van der Waals surface area contributed by atoms with Gasteiger partial charge in [0.2, 0.25) is 5.82 Å². The summed E-state index contributed by atoms with van der Waals surface area (Å²) in [5.41, 5.74) is 2.49. The fourth-order valence-corrected chi connectivity index (χ4v) is 4.43. The van der Waals surface area contributed by atoms with Gasteiger partial charge >= 0.3 is 0 Å². The number of aromatic nitrogens is 3. The minimum absolute atomic E-state index is 0.00970. The lowest BCUT2D eigenvalue weighted by Gasteiger charge is -2.20. The SMILES string of the molecule is O=[N+]([O-])c1cc2c(c(CSc3nnc(-c4ccco4)n3Cc3ccccc3)c1)OCOC2. The number of ether oxygens (including phenoxy) is 2. The van der Waals surface area contributed by atoms with Gasteiger partial charge in [0.15, 0.2) is 17.7 Å². The third-order valence-electron chi connectivity index (χ3n) is 4.98. The largest absolute Gasteiger partial charge is 0.467 e. The summed E-state index contributed by atoms with van der Waals surface area (Å²) >= 11 is 1.44. The van der Waals surface area contributed by atoms with E-state index in [4.69, 9.17) is 13.9 Å². The molecule has 5 rings (SSSR count). The van der Waals surface area contributed by atoms with Crippen LogP contribution in [0.3, 0.4) is 0 Å². The Labute approximate surface area is 187 Å². The van der Waals surface area contributed by atoms with Crippen molar-refractivity contribution in [1.29, 1.82) is 0 Å². The zero-order chi connectivity index (χ0) is 21.9. The Morgan fingerprint density at radius 2 is 2.00 bits per heavy atom. The molecule has 1 aliphatic heterocycles. The summed E-state index contributed by atoms with van der Waals surface area (Å²) in [5.74, 6) is 2.30. The zero-order valence-corrected chi connectivity index (χ0v) is 17.7. The molecule has 0 bridgehead atoms. The molecule has 2 aromatic heterocycles. The van der Waals surface area contributed by atoms with Gasteiger partial charge in [-0.25, -0.2) is 0 Å². The topological polar surface area (TPSA) is 105 Å². The molecule has 3 heterocycles. The molecule has 0 unspecified atom stereocenters. The van der Waals surface area contributed by atoms with Crippen molar-refractivity contribution >= 4 is 17.4 Å². The maximum absolute atomic E-state index is 11.4. The molecule has 2 aromatic carbocycles. The van der Waals surface area contributed by atoms with Crippen LogP contribution in [0.25, 0.3) is 11.6 Å². The summed E-state index contributed by atoms with van der Waals surface area (Å²) < 4.78 is 18.5. The molecule has 10 heteroatoms. The van der Waals surface area contributed by atoms with Crippen molar-refractivity contribution in [2.24, 2.45) is 0 Å². The second kappa shape index (κ2) is 8.85. The summed E-state index contributed by atoms with van der Waals surface area (Å²) in [6.45, 7) is 0.959. The van der Waals surface area contributed by atoms with Crippen LogP contribution >= 0.6 is 11.8 Å². The van der Waals surface area contributed by atoms with Gasteiger partial charge in [-0.15, -0.1) is 10.2 Å². The van der Waals surface area contributed by atoms with E-state index >= 15 is 0 Å². The first-order valence-corrected chi connectivity index (χ1v) is 10.8. The van der Waals surface area contributed by atoms with Crippen molar-refractivity contribution in [2.75, 3.05) is 6.79 Å². The third-order valence-corrected chi connectivity index (χ3v) is 6.00. The van der Waals surface area contributed by atoms with Gasteiger partial charge in [-0.3, -0.25) is 14.7 Å². The number of rotatable bonds is 7. The molecule has 0 amide bonds. The van der Waals surface area contributed by atoms with Gasteiger partial charge in [-0.05, 0) is 17.7 Å². The van der Waals surface area contributed by atoms with Crippen LogP contribution in [0.5, 0.6) is 5.75 Å². The Morgan fingerprint density at radius 1 is 1.12 bits per heavy atom. The van der Waals surface area contributed by atoms with E-state index in [0.717, 1.165) is 11.1 Å². The van der Waals surface area contributed by atoms with E-state index in [2.05, 4.69) is 10.2 Å². The Hall–Kier alpha value is -3.63. The van der Waals surface area contributed by atoms with Gasteiger partial charge in [0.05, 0.1) is 24.3 Å². The predicted octanol–water partition coefficient (Wildman–Crippen LogP) is 4.65. The van der Waals surface area contributed by atoms with Crippen LogP contribution in [0.1, 0.15) is 16.7 Å². The fraction of sp³-hybridized carbons (Fsp3) is 0.182. The standard InChI is InChI=1S/C22H18N4O5S/c27-26(28)18-9-16-12-29-14-31-20(16)17(10-18)13-32-22-24-23-21(19-7-4-8-30-19)25(22)11-15-5-2-1-3-6-15/h1-10H,11-14H2. The maximum atomic E-state index is 11.4. The Morgan fingerprint density at radius 3 is 2.78 bits per heavy atom. The summed E-state index contributed by atoms with van der Waals surface area (Å²) in [5, 5.41) is 20.8. The molecule has 0 saturated heterocycles. The highest BCUT2D eigenvalue weighted by molar-refractivity contribution is 7.98. The second-order valence-corrected chi connectivity index (χ2v) is 8.05. The smallest absolute Gasteiger partial charge is 0.270 e. The number of nitro groups is 1. The van der Waals surface area contributed by atoms with E-state index < -0.39 is 4.92 Å². The molecule has 0 fully saturated rings. The molecule has 0 N–H and O–H groups in total. The fourth-order valence-electron chi connectivity index (χ4n) is 3.53. The quantitative estimate of drug-likeness (QED) is 0.228. The van der Waals surface area contributed by atoms with Crippen LogP contribution in [0.4, 0.5) is 5.69 Å². The number of hydrogen-bond acceptors (Lipinski definition) is 8. The van der Waals surface area contributed by atoms with Crippen molar-refractivity contribution < 1.29 is 18.8 Å². The first-order valence-electron chi connectivity index (χ1n) is 9.83. The molecule has 4 aromatic rings. The van der Waals surface area contributed by atoms with E-state index in [1.165, 1.54) is 17.8 Å². The number of furan rings is 1. The van der Waals surface area contributed by atoms with Crippen molar-refractivity contribution in [3.63, 3.8) is 0 Å². The van der Waals surface area contributed by atoms with Crippen LogP contribution in [0, 0.1) is 10.1 Å². The molecule has 0 radical (unpaired) electrons. The molecular weight excluding hydrogens is 432 g/mol. The highest BCUT2D eigenvalue weighted by Gasteiger charge is 2.23. The van der Waals surface area contributed by atoms with E-state index in [9.17, 15) is 10.1 Å². The lowest BCUT2D eigenvalue weighted by molar-refractivity contribution is -0.385. The molecule has 0 aliphatic carbocycles. The molecule has 0 saturated carbocycles. The lowest BCUT2D eigenvalue weighted by atomic mass is 10.1. The monoisotopic (exact) mass is 450 g/mol. The highest BCUT2D eigenvalue weighted by Crippen LogP contribution is 2.36. The molecule has 0 spiro atoms. The Bertz CT molecular complexity index is 1240. The van der Waals surface area contributed by atoms with Gasteiger partial charge < -0.3 is 13.9 Å². The number of fused-ring (bicyclic) bond motifs is 1. The number of non-ortho nitro benzene ring substituents is 1. The van der Waals surface area contributed by atoms with Gasteiger partial charge in [-0.2, -0.15) is 0 Å². The summed E-state index contributed by atoms with van der Waals surface area (Å²) in [6.07, 6.45) is 1.60. The number of nitrogens with zero attached hydrogens (tertiary/aromatic N) is 4. The third kappa shape index (κ3) is 4.10. The predicted molar refractivity (Wildman–Crippen MR) is 116 cm³/mol. The van der Waals surface area contributed by atoms with Crippen molar-refractivity contribution in [2.45, 2.75) is 24.1 Å². The highest BCUT2D eigenvalue weighted by atomic mass is 32.2. The summed E-state index contributed by atoms with van der Waals surface area (Å²) in [7, 11) is 0. The Balaban J connectivity index is 1.47. The number of benzene rings is 2. The normalized spacial score (nSPS) is 12.9. The summed E-state index contributed by atoms with van der Waals surface area (Å²) in [6, 6.07) is 16.7. The molecule has 32 heavy (non-hydrogen) atoms. The van der Waals surface area contributed by atoms with Crippen molar-refractivity contribution in [3.05, 3.63) is 87.7 Å². The van der Waals surface area contributed by atoms with Crippen LogP contribution in [0.2, 0.25) is 0 Å². The number of nitro benzene ring substituents is 1. The first-order chi connectivity index (χ1) is 15.7. The zero-order valence-electron chi connectivity index (χ0n) is 16.8. The van der Waals surface area contributed by atoms with Crippen LogP contribution in [0.15, 0.2) is 70.4 Å². The molecule has 1 aliphatic rings. The lowest BCUT2D eigenvalue weighted by Crippen LogP contribution is -2.13. The van der Waals surface area contributed by atoms with E-state index in [-0.39, 0.29) is 19.1 Å². The minimum Gasteiger partial charge on any atom is -0.467 e. The van der Waals surface area contributed by atoms with Gasteiger partial charge in [0, 0.05) is 29.0 Å². The van der Waals surface area contributed by atoms with E-state index in [0.29, 0.717) is 40.4 Å². The van der Waals surface area contributed by atoms with Gasteiger partial charge in [-0.1, -0.05) is 42.1 Å². The average molecular weight is 450 g/mol. The van der Waals surface area contributed by atoms with Gasteiger partial charge in [0.25, 0.3) is 5.69 Å². The van der Waals surface area contributed by atoms with Gasteiger partial charge in [0.1, 0.15) is 5.75 Å². The van der Waals surface area contributed by atoms with Crippen molar-refractivity contribution in [3.8, 4) is 17.3 Å². The van der Waals surface area contributed by atoms with Crippen LogP contribution in [-0.2, 0) is 23.6 Å². The van der Waals surface area contributed by atoms with Crippen LogP contribution in [-0.4, -0.2) is 26.5 Å². The maximum Gasteiger partial charge on any atom is 0.270 e. The molecule has 162 valence electrons.